The minimum atomic E-state index is -0.272. The SMILES string of the molecule is Cc1cccc(C=NNc2cc(N3CCOCC3)cc(OCCOC(=O)N3CCCCC3)n2)c1. The van der Waals surface area contributed by atoms with Crippen molar-refractivity contribution in [2.24, 2.45) is 5.10 Å². The lowest BCUT2D eigenvalue weighted by Gasteiger charge is -2.29. The van der Waals surface area contributed by atoms with Gasteiger partial charge in [-0.15, -0.1) is 0 Å². The van der Waals surface area contributed by atoms with Crippen LogP contribution in [0.5, 0.6) is 5.88 Å². The first-order chi connectivity index (χ1) is 16.7. The van der Waals surface area contributed by atoms with Crippen molar-refractivity contribution in [2.75, 3.05) is 62.9 Å². The van der Waals surface area contributed by atoms with Gasteiger partial charge in [0.15, 0.2) is 5.82 Å². The molecule has 0 radical (unpaired) electrons. The third-order valence-corrected chi connectivity index (χ3v) is 5.77. The number of anilines is 2. The van der Waals surface area contributed by atoms with Gasteiger partial charge in [-0.2, -0.15) is 10.1 Å². The average Bonchev–Trinajstić information content (AvgIpc) is 2.87. The zero-order valence-corrected chi connectivity index (χ0v) is 19.7. The molecule has 2 aliphatic rings. The molecule has 0 bridgehead atoms. The Labute approximate surface area is 200 Å². The fourth-order valence-corrected chi connectivity index (χ4v) is 3.99. The summed E-state index contributed by atoms with van der Waals surface area (Å²) in [6.07, 6.45) is 4.73. The molecule has 1 aromatic carbocycles. The van der Waals surface area contributed by atoms with E-state index in [1.165, 1.54) is 12.0 Å². The Morgan fingerprint density at radius 2 is 1.94 bits per heavy atom. The van der Waals surface area contributed by atoms with Crippen molar-refractivity contribution in [2.45, 2.75) is 26.2 Å². The molecule has 2 fully saturated rings. The van der Waals surface area contributed by atoms with Crippen molar-refractivity contribution in [3.63, 3.8) is 0 Å². The number of hydrogen-bond acceptors (Lipinski definition) is 8. The summed E-state index contributed by atoms with van der Waals surface area (Å²) in [5.74, 6) is 1.03. The molecule has 34 heavy (non-hydrogen) atoms. The standard InChI is InChI=1S/C25H33N5O4/c1-20-6-5-7-21(16-20)19-26-28-23-17-22(29-10-12-32-13-11-29)18-24(27-23)33-14-15-34-25(31)30-8-3-2-4-9-30/h5-7,16-19H,2-4,8-15H2,1H3,(H,27,28). The predicted octanol–water partition coefficient (Wildman–Crippen LogP) is 3.67. The maximum absolute atomic E-state index is 12.2. The predicted molar refractivity (Wildman–Crippen MR) is 132 cm³/mol. The highest BCUT2D eigenvalue weighted by Crippen LogP contribution is 2.25. The van der Waals surface area contributed by atoms with E-state index in [0.29, 0.717) is 24.9 Å². The number of pyridine rings is 1. The van der Waals surface area contributed by atoms with Crippen molar-refractivity contribution in [1.29, 1.82) is 0 Å². The Kier molecular flexibility index (Phi) is 8.56. The minimum absolute atomic E-state index is 0.174. The van der Waals surface area contributed by atoms with Crippen LogP contribution in [0.2, 0.25) is 0 Å². The van der Waals surface area contributed by atoms with Crippen molar-refractivity contribution < 1.29 is 19.0 Å². The molecule has 0 unspecified atom stereocenters. The number of aromatic nitrogens is 1. The maximum Gasteiger partial charge on any atom is 0.409 e. The van der Waals surface area contributed by atoms with Gasteiger partial charge < -0.3 is 24.0 Å². The molecule has 2 aromatic rings. The van der Waals surface area contributed by atoms with E-state index >= 15 is 0 Å². The number of nitrogens with one attached hydrogen (secondary N) is 1. The zero-order valence-electron chi connectivity index (χ0n) is 19.7. The highest BCUT2D eigenvalue weighted by molar-refractivity contribution is 5.80. The van der Waals surface area contributed by atoms with Gasteiger partial charge in [0.2, 0.25) is 5.88 Å². The number of piperidine rings is 1. The molecule has 2 aliphatic heterocycles. The summed E-state index contributed by atoms with van der Waals surface area (Å²) < 4.78 is 16.7. The summed E-state index contributed by atoms with van der Waals surface area (Å²) >= 11 is 0. The van der Waals surface area contributed by atoms with Crippen molar-refractivity contribution >= 4 is 23.8 Å². The third-order valence-electron chi connectivity index (χ3n) is 5.77. The summed E-state index contributed by atoms with van der Waals surface area (Å²) in [7, 11) is 0. The van der Waals surface area contributed by atoms with Crippen LogP contribution in [0.25, 0.3) is 0 Å². The van der Waals surface area contributed by atoms with Gasteiger partial charge in [0.05, 0.1) is 19.4 Å². The Morgan fingerprint density at radius 1 is 1.12 bits per heavy atom. The van der Waals surface area contributed by atoms with E-state index in [2.05, 4.69) is 26.5 Å². The number of hydrazone groups is 1. The van der Waals surface area contributed by atoms with Gasteiger partial charge >= 0.3 is 6.09 Å². The topological polar surface area (TPSA) is 88.5 Å². The lowest BCUT2D eigenvalue weighted by Crippen LogP contribution is -2.36. The largest absolute Gasteiger partial charge is 0.474 e. The van der Waals surface area contributed by atoms with Crippen LogP contribution in [0.1, 0.15) is 30.4 Å². The number of carbonyl (C=O) groups is 1. The van der Waals surface area contributed by atoms with Crippen LogP contribution < -0.4 is 15.1 Å². The zero-order chi connectivity index (χ0) is 23.6. The van der Waals surface area contributed by atoms with Gasteiger partial charge in [-0.25, -0.2) is 4.79 Å². The lowest BCUT2D eigenvalue weighted by atomic mass is 10.1. The maximum atomic E-state index is 12.2. The number of ether oxygens (including phenoxy) is 3. The van der Waals surface area contributed by atoms with Gasteiger partial charge in [0, 0.05) is 44.0 Å². The molecule has 0 spiro atoms. The number of benzene rings is 1. The quantitative estimate of drug-likeness (QED) is 0.360. The normalized spacial score (nSPS) is 16.5. The molecular formula is C25H33N5O4. The molecule has 1 N–H and O–H groups in total. The molecule has 1 aromatic heterocycles. The van der Waals surface area contributed by atoms with Crippen molar-refractivity contribution in [1.82, 2.24) is 9.88 Å². The van der Waals surface area contributed by atoms with Crippen LogP contribution in [0.3, 0.4) is 0 Å². The smallest absolute Gasteiger partial charge is 0.409 e. The van der Waals surface area contributed by atoms with E-state index in [4.69, 9.17) is 14.2 Å². The fourth-order valence-electron chi connectivity index (χ4n) is 3.99. The van der Waals surface area contributed by atoms with E-state index < -0.39 is 0 Å². The van der Waals surface area contributed by atoms with E-state index in [-0.39, 0.29) is 19.3 Å². The molecule has 4 rings (SSSR count). The van der Waals surface area contributed by atoms with Gasteiger partial charge in [0.1, 0.15) is 13.2 Å². The molecule has 9 nitrogen and oxygen atoms in total. The second-order valence-corrected chi connectivity index (χ2v) is 8.44. The molecule has 9 heteroatoms. The summed E-state index contributed by atoms with van der Waals surface area (Å²) in [5.41, 5.74) is 6.17. The number of nitrogens with zero attached hydrogens (tertiary/aromatic N) is 4. The summed E-state index contributed by atoms with van der Waals surface area (Å²) in [4.78, 5) is 20.7. The average molecular weight is 468 g/mol. The van der Waals surface area contributed by atoms with E-state index in [9.17, 15) is 4.79 Å². The van der Waals surface area contributed by atoms with Gasteiger partial charge in [0.25, 0.3) is 0 Å². The molecule has 0 atom stereocenters. The number of carbonyl (C=O) groups excluding carboxylic acids is 1. The first kappa shape index (κ1) is 23.8. The number of hydrogen-bond donors (Lipinski definition) is 1. The van der Waals surface area contributed by atoms with Crippen LogP contribution in [-0.4, -0.2) is 74.8 Å². The Bertz CT molecular complexity index is 972. The Hall–Kier alpha value is -3.33. The van der Waals surface area contributed by atoms with Gasteiger partial charge in [-0.3, -0.25) is 5.43 Å². The molecule has 0 aliphatic carbocycles. The molecule has 3 heterocycles. The van der Waals surface area contributed by atoms with E-state index in [0.717, 1.165) is 50.3 Å². The molecule has 1 amide bonds. The van der Waals surface area contributed by atoms with Crippen molar-refractivity contribution in [3.05, 3.63) is 47.5 Å². The summed E-state index contributed by atoms with van der Waals surface area (Å²) in [6.45, 7) is 6.93. The second-order valence-electron chi connectivity index (χ2n) is 8.44. The first-order valence-corrected chi connectivity index (χ1v) is 11.9. The molecule has 0 saturated carbocycles. The van der Waals surface area contributed by atoms with Gasteiger partial charge in [-0.1, -0.05) is 29.8 Å². The number of likely N-dealkylation sites (tertiary alicyclic amines) is 1. The third kappa shape index (κ3) is 7.08. The number of rotatable bonds is 8. The Balaban J connectivity index is 1.37. The monoisotopic (exact) mass is 467 g/mol. The summed E-state index contributed by atoms with van der Waals surface area (Å²) in [6, 6.07) is 11.9. The van der Waals surface area contributed by atoms with Crippen LogP contribution in [-0.2, 0) is 9.47 Å². The second kappa shape index (κ2) is 12.2. The van der Waals surface area contributed by atoms with E-state index in [1.807, 2.05) is 37.3 Å². The van der Waals surface area contributed by atoms with E-state index in [1.54, 1.807) is 11.1 Å². The lowest BCUT2D eigenvalue weighted by molar-refractivity contribution is 0.0817. The summed E-state index contributed by atoms with van der Waals surface area (Å²) in [5, 5.41) is 4.34. The van der Waals surface area contributed by atoms with Crippen LogP contribution in [0.4, 0.5) is 16.3 Å². The fraction of sp³-hybridized carbons (Fsp3) is 0.480. The number of morpholine rings is 1. The van der Waals surface area contributed by atoms with Crippen molar-refractivity contribution in [3.8, 4) is 5.88 Å². The number of amides is 1. The first-order valence-electron chi connectivity index (χ1n) is 11.9. The van der Waals surface area contributed by atoms with Crippen LogP contribution >= 0.6 is 0 Å². The highest BCUT2D eigenvalue weighted by Gasteiger charge is 2.18. The minimum Gasteiger partial charge on any atom is -0.474 e. The highest BCUT2D eigenvalue weighted by atomic mass is 16.6. The molecule has 182 valence electrons. The number of aryl methyl sites for hydroxylation is 1. The van der Waals surface area contributed by atoms with Gasteiger partial charge in [-0.05, 0) is 31.7 Å². The Morgan fingerprint density at radius 3 is 2.74 bits per heavy atom. The molecular weight excluding hydrogens is 434 g/mol. The van der Waals surface area contributed by atoms with Crippen LogP contribution in [0, 0.1) is 6.92 Å². The molecule has 2 saturated heterocycles. The van der Waals surface area contributed by atoms with Crippen LogP contribution in [0.15, 0.2) is 41.5 Å².